The lowest BCUT2D eigenvalue weighted by Gasteiger charge is -2.32. The first-order valence-corrected chi connectivity index (χ1v) is 8.59. The summed E-state index contributed by atoms with van der Waals surface area (Å²) in [7, 11) is -3.10. The van der Waals surface area contributed by atoms with Gasteiger partial charge in [0, 0.05) is 19.3 Å². The van der Waals surface area contributed by atoms with Gasteiger partial charge in [-0.25, -0.2) is 8.42 Å². The maximum Gasteiger partial charge on any atom is 0.175 e. The van der Waals surface area contributed by atoms with E-state index >= 15 is 0 Å². The number of rotatable bonds is 4. The lowest BCUT2D eigenvalue weighted by Crippen LogP contribution is -2.37. The van der Waals surface area contributed by atoms with Crippen LogP contribution in [0.4, 0.5) is 0 Å². The van der Waals surface area contributed by atoms with E-state index in [2.05, 4.69) is 4.90 Å². The number of likely N-dealkylation sites (tertiary alicyclic amines) is 1. The van der Waals surface area contributed by atoms with Gasteiger partial charge >= 0.3 is 0 Å². The van der Waals surface area contributed by atoms with E-state index < -0.39 is 9.84 Å². The Morgan fingerprint density at radius 1 is 1.32 bits per heavy atom. The molecule has 0 amide bonds. The molecule has 1 aliphatic rings. The summed E-state index contributed by atoms with van der Waals surface area (Å²) in [4.78, 5) is 2.78. The van der Waals surface area contributed by atoms with Gasteiger partial charge in [0.25, 0.3) is 0 Å². The summed E-state index contributed by atoms with van der Waals surface area (Å²) < 4.78 is 22.8. The Morgan fingerprint density at radius 3 is 2.58 bits per heavy atom. The van der Waals surface area contributed by atoms with Crippen LogP contribution in [0, 0.1) is 5.92 Å². The second kappa shape index (κ2) is 6.03. The predicted octanol–water partition coefficient (Wildman–Crippen LogP) is 1.26. The predicted molar refractivity (Wildman–Crippen MR) is 76.6 cm³/mol. The van der Waals surface area contributed by atoms with Crippen LogP contribution in [0.1, 0.15) is 18.4 Å². The standard InChI is InChI=1S/C14H22N2O2S/c1-19(17,18)14-6-4-12(5-7-14)10-16-8-2-3-13(9-15)11-16/h4-7,13H,2-3,8-11,15H2,1H3. The monoisotopic (exact) mass is 282 g/mol. The third-order valence-electron chi connectivity index (χ3n) is 3.69. The molecule has 5 heteroatoms. The van der Waals surface area contributed by atoms with Crippen molar-refractivity contribution in [2.45, 2.75) is 24.3 Å². The quantitative estimate of drug-likeness (QED) is 0.903. The van der Waals surface area contributed by atoms with Crippen LogP contribution < -0.4 is 5.73 Å². The highest BCUT2D eigenvalue weighted by atomic mass is 32.2. The average Bonchev–Trinajstić information content (AvgIpc) is 2.38. The lowest BCUT2D eigenvalue weighted by atomic mass is 9.98. The molecule has 0 saturated carbocycles. The SMILES string of the molecule is CS(=O)(=O)c1ccc(CN2CCCC(CN)C2)cc1. The van der Waals surface area contributed by atoms with Gasteiger partial charge in [-0.15, -0.1) is 0 Å². The number of nitrogens with two attached hydrogens (primary N) is 1. The van der Waals surface area contributed by atoms with Crippen LogP contribution in [-0.4, -0.2) is 39.2 Å². The molecular formula is C14H22N2O2S. The molecule has 0 spiro atoms. The smallest absolute Gasteiger partial charge is 0.175 e. The minimum Gasteiger partial charge on any atom is -0.330 e. The molecule has 19 heavy (non-hydrogen) atoms. The number of hydrogen-bond acceptors (Lipinski definition) is 4. The third kappa shape index (κ3) is 4.03. The Kier molecular flexibility index (Phi) is 4.60. The fourth-order valence-corrected chi connectivity index (χ4v) is 3.22. The molecule has 0 bridgehead atoms. The molecule has 1 fully saturated rings. The van der Waals surface area contributed by atoms with Gasteiger partial charge in [0.1, 0.15) is 0 Å². The minimum atomic E-state index is -3.10. The van der Waals surface area contributed by atoms with Crippen molar-refractivity contribution in [3.05, 3.63) is 29.8 Å². The lowest BCUT2D eigenvalue weighted by molar-refractivity contribution is 0.171. The minimum absolute atomic E-state index is 0.384. The van der Waals surface area contributed by atoms with Gasteiger partial charge < -0.3 is 5.73 Å². The fraction of sp³-hybridized carbons (Fsp3) is 0.571. The zero-order chi connectivity index (χ0) is 13.9. The highest BCUT2D eigenvalue weighted by Gasteiger charge is 2.18. The van der Waals surface area contributed by atoms with Gasteiger partial charge in [-0.3, -0.25) is 4.90 Å². The van der Waals surface area contributed by atoms with Crippen molar-refractivity contribution < 1.29 is 8.42 Å². The molecule has 1 atom stereocenters. The summed E-state index contributed by atoms with van der Waals surface area (Å²) in [5.74, 6) is 0.601. The van der Waals surface area contributed by atoms with Gasteiger partial charge in [0.05, 0.1) is 4.90 Å². The van der Waals surface area contributed by atoms with Gasteiger partial charge in [-0.05, 0) is 49.5 Å². The summed E-state index contributed by atoms with van der Waals surface area (Å²) >= 11 is 0. The van der Waals surface area contributed by atoms with Crippen molar-refractivity contribution in [1.29, 1.82) is 0 Å². The largest absolute Gasteiger partial charge is 0.330 e. The number of hydrogen-bond donors (Lipinski definition) is 1. The molecule has 0 aliphatic carbocycles. The molecule has 1 heterocycles. The normalized spacial score (nSPS) is 21.5. The van der Waals surface area contributed by atoms with E-state index in [4.69, 9.17) is 5.73 Å². The molecule has 1 saturated heterocycles. The van der Waals surface area contributed by atoms with E-state index in [0.717, 1.165) is 31.7 Å². The Morgan fingerprint density at radius 2 is 2.00 bits per heavy atom. The molecule has 1 aliphatic heterocycles. The molecule has 0 radical (unpaired) electrons. The van der Waals surface area contributed by atoms with Crippen molar-refractivity contribution >= 4 is 9.84 Å². The zero-order valence-corrected chi connectivity index (χ0v) is 12.2. The molecule has 4 nitrogen and oxygen atoms in total. The number of sulfone groups is 1. The molecule has 106 valence electrons. The van der Waals surface area contributed by atoms with E-state index in [-0.39, 0.29) is 0 Å². The van der Waals surface area contributed by atoms with Gasteiger partial charge in [0.15, 0.2) is 9.84 Å². The summed E-state index contributed by atoms with van der Waals surface area (Å²) in [6, 6.07) is 7.19. The first-order chi connectivity index (χ1) is 8.99. The van der Waals surface area contributed by atoms with Crippen molar-refractivity contribution in [1.82, 2.24) is 4.90 Å². The van der Waals surface area contributed by atoms with Crippen LogP contribution in [0.15, 0.2) is 29.2 Å². The Hall–Kier alpha value is -0.910. The van der Waals surface area contributed by atoms with E-state index in [9.17, 15) is 8.42 Å². The summed E-state index contributed by atoms with van der Waals surface area (Å²) in [6.45, 7) is 3.78. The van der Waals surface area contributed by atoms with Crippen molar-refractivity contribution in [3.63, 3.8) is 0 Å². The van der Waals surface area contributed by atoms with Gasteiger partial charge in [-0.1, -0.05) is 12.1 Å². The highest BCUT2D eigenvalue weighted by molar-refractivity contribution is 7.90. The fourth-order valence-electron chi connectivity index (χ4n) is 2.59. The summed E-state index contributed by atoms with van der Waals surface area (Å²) in [5, 5.41) is 0. The maximum atomic E-state index is 11.4. The van der Waals surface area contributed by atoms with Crippen LogP contribution in [0.2, 0.25) is 0 Å². The van der Waals surface area contributed by atoms with E-state index in [1.54, 1.807) is 12.1 Å². The molecule has 2 rings (SSSR count). The Balaban J connectivity index is 2.00. The van der Waals surface area contributed by atoms with Gasteiger partial charge in [-0.2, -0.15) is 0 Å². The molecule has 2 N–H and O–H groups in total. The highest BCUT2D eigenvalue weighted by Crippen LogP contribution is 2.18. The summed E-state index contributed by atoms with van der Waals surface area (Å²) in [6.07, 6.45) is 3.65. The van der Waals surface area contributed by atoms with Crippen LogP contribution in [0.25, 0.3) is 0 Å². The first kappa shape index (κ1) is 14.5. The van der Waals surface area contributed by atoms with E-state index in [0.29, 0.717) is 10.8 Å². The molecule has 1 unspecified atom stereocenters. The van der Waals surface area contributed by atoms with Crippen LogP contribution in [0.5, 0.6) is 0 Å². The Labute approximate surface area is 115 Å². The maximum absolute atomic E-state index is 11.4. The van der Waals surface area contributed by atoms with Crippen molar-refractivity contribution in [2.24, 2.45) is 11.7 Å². The Bertz CT molecular complexity index is 511. The van der Waals surface area contributed by atoms with Crippen LogP contribution >= 0.6 is 0 Å². The first-order valence-electron chi connectivity index (χ1n) is 6.70. The second-order valence-electron chi connectivity index (χ2n) is 5.40. The van der Waals surface area contributed by atoms with Crippen LogP contribution in [-0.2, 0) is 16.4 Å². The van der Waals surface area contributed by atoms with E-state index in [1.807, 2.05) is 12.1 Å². The molecular weight excluding hydrogens is 260 g/mol. The number of nitrogens with zero attached hydrogens (tertiary/aromatic N) is 1. The topological polar surface area (TPSA) is 63.4 Å². The van der Waals surface area contributed by atoms with Gasteiger partial charge in [0.2, 0.25) is 0 Å². The van der Waals surface area contributed by atoms with E-state index in [1.165, 1.54) is 19.1 Å². The van der Waals surface area contributed by atoms with Crippen molar-refractivity contribution in [3.8, 4) is 0 Å². The molecule has 1 aromatic carbocycles. The molecule has 1 aromatic rings. The average molecular weight is 282 g/mol. The van der Waals surface area contributed by atoms with Crippen LogP contribution in [0.3, 0.4) is 0 Å². The number of piperidine rings is 1. The second-order valence-corrected chi connectivity index (χ2v) is 7.41. The molecule has 0 aromatic heterocycles. The summed E-state index contributed by atoms with van der Waals surface area (Å²) in [5.41, 5.74) is 6.89. The zero-order valence-electron chi connectivity index (χ0n) is 11.4. The van der Waals surface area contributed by atoms with Crippen molar-refractivity contribution in [2.75, 3.05) is 25.9 Å². The third-order valence-corrected chi connectivity index (χ3v) is 4.82. The number of benzene rings is 1.